The van der Waals surface area contributed by atoms with Gasteiger partial charge in [-0.05, 0) is 55.5 Å². The van der Waals surface area contributed by atoms with Crippen LogP contribution in [-0.2, 0) is 12.8 Å². The number of anilines is 2. The molecule has 7 heteroatoms. The quantitative estimate of drug-likeness (QED) is 0.512. The highest BCUT2D eigenvalue weighted by molar-refractivity contribution is 7.21. The van der Waals surface area contributed by atoms with E-state index in [-0.39, 0.29) is 5.91 Å². The van der Waals surface area contributed by atoms with Crippen molar-refractivity contribution in [3.05, 3.63) is 52.5 Å². The minimum atomic E-state index is -0.0386. The lowest BCUT2D eigenvalue weighted by atomic mass is 10.1. The van der Waals surface area contributed by atoms with Gasteiger partial charge in [-0.2, -0.15) is 0 Å². The Labute approximate surface area is 193 Å². The molecule has 2 aliphatic heterocycles. The van der Waals surface area contributed by atoms with Gasteiger partial charge in [0.1, 0.15) is 9.71 Å². The zero-order valence-electron chi connectivity index (χ0n) is 18.8. The maximum Gasteiger partial charge on any atom is 0.263 e. The monoisotopic (exact) mass is 449 g/mol. The van der Waals surface area contributed by atoms with E-state index < -0.39 is 0 Å². The molecule has 0 radical (unpaired) electrons. The van der Waals surface area contributed by atoms with Crippen molar-refractivity contribution < 1.29 is 4.79 Å². The Bertz CT molecular complexity index is 1100. The first-order chi connectivity index (χ1) is 15.6. The molecule has 168 valence electrons. The highest BCUT2D eigenvalue weighted by Crippen LogP contribution is 2.34. The van der Waals surface area contributed by atoms with Gasteiger partial charge in [-0.15, -0.1) is 11.3 Å². The molecule has 2 aliphatic rings. The van der Waals surface area contributed by atoms with E-state index in [1.54, 1.807) is 0 Å². The number of nitrogens with one attached hydrogen (secondary N) is 3. The van der Waals surface area contributed by atoms with Crippen LogP contribution in [0.2, 0.25) is 0 Å². The fourth-order valence-corrected chi connectivity index (χ4v) is 6.02. The summed E-state index contributed by atoms with van der Waals surface area (Å²) in [5.74, 6) is -0.0386. The first-order valence-corrected chi connectivity index (χ1v) is 12.4. The molecule has 4 heterocycles. The number of piperazine rings is 1. The van der Waals surface area contributed by atoms with E-state index in [0.29, 0.717) is 23.5 Å². The van der Waals surface area contributed by atoms with Crippen molar-refractivity contribution in [2.75, 3.05) is 36.9 Å². The number of benzene rings is 1. The molecule has 2 saturated heterocycles. The molecule has 2 bridgehead atoms. The minimum Gasteiger partial charge on any atom is -0.386 e. The van der Waals surface area contributed by atoms with Crippen molar-refractivity contribution in [2.24, 2.45) is 0 Å². The Morgan fingerprint density at radius 3 is 2.59 bits per heavy atom. The number of hydrogen-bond donors (Lipinski definition) is 3. The molecule has 0 unspecified atom stereocenters. The van der Waals surface area contributed by atoms with Gasteiger partial charge >= 0.3 is 0 Å². The summed E-state index contributed by atoms with van der Waals surface area (Å²) in [4.78, 5) is 21.7. The number of fused-ring (bicyclic) bond motifs is 3. The third kappa shape index (κ3) is 4.19. The predicted molar refractivity (Wildman–Crippen MR) is 133 cm³/mol. The van der Waals surface area contributed by atoms with Gasteiger partial charge < -0.3 is 20.9 Å². The molecule has 0 spiro atoms. The fraction of sp³-hybridized carbons (Fsp3) is 0.440. The molecule has 0 aliphatic carbocycles. The maximum absolute atomic E-state index is 12.9. The van der Waals surface area contributed by atoms with Crippen LogP contribution >= 0.6 is 11.3 Å². The van der Waals surface area contributed by atoms with Gasteiger partial charge in [0.2, 0.25) is 0 Å². The molecular formula is C25H31N5OS. The van der Waals surface area contributed by atoms with Crippen LogP contribution in [0.3, 0.4) is 0 Å². The molecule has 2 aromatic heterocycles. The molecule has 2 atom stereocenters. The summed E-state index contributed by atoms with van der Waals surface area (Å²) in [5, 5.41) is 11.0. The number of nitrogens with zero attached hydrogens (tertiary/aromatic N) is 2. The summed E-state index contributed by atoms with van der Waals surface area (Å²) in [5.41, 5.74) is 4.46. The number of pyridine rings is 1. The lowest BCUT2D eigenvalue weighted by Gasteiger charge is -2.34. The van der Waals surface area contributed by atoms with Crippen LogP contribution in [0.15, 0.2) is 36.4 Å². The Balaban J connectivity index is 1.20. The molecule has 2 fully saturated rings. The van der Waals surface area contributed by atoms with E-state index in [0.717, 1.165) is 47.5 Å². The molecule has 3 N–H and O–H groups in total. The van der Waals surface area contributed by atoms with Crippen LogP contribution in [0, 0.1) is 0 Å². The van der Waals surface area contributed by atoms with Crippen LogP contribution in [0.5, 0.6) is 0 Å². The predicted octanol–water partition coefficient (Wildman–Crippen LogP) is 3.81. The number of thiophene rings is 1. The normalized spacial score (nSPS) is 20.0. The lowest BCUT2D eigenvalue weighted by molar-refractivity contribution is 0.0959. The largest absolute Gasteiger partial charge is 0.386 e. The Morgan fingerprint density at radius 2 is 1.91 bits per heavy atom. The van der Waals surface area contributed by atoms with E-state index in [2.05, 4.69) is 63.1 Å². The second-order valence-electron chi connectivity index (χ2n) is 8.78. The molecule has 6 nitrogen and oxygen atoms in total. The number of hydrogen-bond acceptors (Lipinski definition) is 6. The van der Waals surface area contributed by atoms with Gasteiger partial charge in [0.05, 0.1) is 5.69 Å². The van der Waals surface area contributed by atoms with Crippen LogP contribution in [0.25, 0.3) is 10.2 Å². The van der Waals surface area contributed by atoms with E-state index in [1.165, 1.54) is 35.4 Å². The van der Waals surface area contributed by atoms with Crippen molar-refractivity contribution >= 4 is 38.8 Å². The summed E-state index contributed by atoms with van der Waals surface area (Å²) in [6.45, 7) is 4.91. The molecule has 0 saturated carbocycles. The van der Waals surface area contributed by atoms with Crippen LogP contribution < -0.4 is 20.9 Å². The van der Waals surface area contributed by atoms with Gasteiger partial charge in [0.25, 0.3) is 5.91 Å². The van der Waals surface area contributed by atoms with Crippen LogP contribution in [0.1, 0.15) is 40.7 Å². The number of amides is 1. The van der Waals surface area contributed by atoms with Crippen LogP contribution in [0.4, 0.5) is 11.4 Å². The van der Waals surface area contributed by atoms with Crippen molar-refractivity contribution in [1.82, 2.24) is 15.6 Å². The number of rotatable bonds is 7. The van der Waals surface area contributed by atoms with Gasteiger partial charge in [0.15, 0.2) is 0 Å². The van der Waals surface area contributed by atoms with Crippen LogP contribution in [-0.4, -0.2) is 49.7 Å². The molecule has 1 aromatic carbocycles. The van der Waals surface area contributed by atoms with E-state index in [1.807, 2.05) is 13.1 Å². The number of carbonyl (C=O) groups is 1. The van der Waals surface area contributed by atoms with E-state index >= 15 is 0 Å². The van der Waals surface area contributed by atoms with Crippen molar-refractivity contribution in [2.45, 2.75) is 44.7 Å². The standard InChI is InChI=1S/C25H31N5OS/c1-3-17-8-11-21-22(26-2)23(32-25(21)29-17)24(31)27-13-12-16-4-9-20(10-5-16)30-14-18-6-7-19(15-30)28-18/h4-5,8-11,18-19,26,28H,3,6-7,12-15H2,1-2H3,(H,27,31)/t18-,19+. The molecule has 3 aromatic rings. The van der Waals surface area contributed by atoms with Crippen molar-refractivity contribution in [3.63, 3.8) is 0 Å². The Morgan fingerprint density at radius 1 is 1.16 bits per heavy atom. The summed E-state index contributed by atoms with van der Waals surface area (Å²) in [6, 6.07) is 14.2. The smallest absolute Gasteiger partial charge is 0.263 e. The van der Waals surface area contributed by atoms with E-state index in [9.17, 15) is 4.79 Å². The minimum absolute atomic E-state index is 0.0386. The topological polar surface area (TPSA) is 69.3 Å². The molecule has 1 amide bonds. The summed E-state index contributed by atoms with van der Waals surface area (Å²) >= 11 is 1.46. The average Bonchev–Trinajstić information content (AvgIpc) is 3.37. The molecule has 32 heavy (non-hydrogen) atoms. The first-order valence-electron chi connectivity index (χ1n) is 11.6. The number of aryl methyl sites for hydroxylation is 1. The van der Waals surface area contributed by atoms with Gasteiger partial charge in [-0.25, -0.2) is 4.98 Å². The summed E-state index contributed by atoms with van der Waals surface area (Å²) in [6.07, 6.45) is 4.30. The maximum atomic E-state index is 12.9. The molecule has 5 rings (SSSR count). The Hall–Kier alpha value is -2.64. The Kier molecular flexibility index (Phi) is 6.02. The summed E-state index contributed by atoms with van der Waals surface area (Å²) < 4.78 is 0. The zero-order chi connectivity index (χ0) is 22.1. The highest BCUT2D eigenvalue weighted by Gasteiger charge is 2.32. The fourth-order valence-electron chi connectivity index (χ4n) is 4.90. The van der Waals surface area contributed by atoms with Gasteiger partial charge in [0, 0.05) is 55.5 Å². The third-order valence-corrected chi connectivity index (χ3v) is 7.75. The lowest BCUT2D eigenvalue weighted by Crippen LogP contribution is -2.51. The van der Waals surface area contributed by atoms with Gasteiger partial charge in [-0.3, -0.25) is 4.79 Å². The van der Waals surface area contributed by atoms with E-state index in [4.69, 9.17) is 0 Å². The summed E-state index contributed by atoms with van der Waals surface area (Å²) in [7, 11) is 1.86. The first kappa shape index (κ1) is 21.2. The third-order valence-electron chi connectivity index (χ3n) is 6.65. The zero-order valence-corrected chi connectivity index (χ0v) is 19.6. The van der Waals surface area contributed by atoms with Crippen molar-refractivity contribution in [3.8, 4) is 0 Å². The SMILES string of the molecule is CCc1ccc2c(NC)c(C(=O)NCCc3ccc(N4C[C@H]5CC[C@@H](C4)N5)cc3)sc2n1. The van der Waals surface area contributed by atoms with Crippen molar-refractivity contribution in [1.29, 1.82) is 0 Å². The number of aromatic nitrogens is 1. The molecular weight excluding hydrogens is 418 g/mol. The number of carbonyl (C=O) groups excluding carboxylic acids is 1. The average molecular weight is 450 g/mol. The second-order valence-corrected chi connectivity index (χ2v) is 9.78. The van der Waals surface area contributed by atoms with Gasteiger partial charge in [-0.1, -0.05) is 19.1 Å². The highest BCUT2D eigenvalue weighted by atomic mass is 32.1. The second kappa shape index (κ2) is 9.08.